The first kappa shape index (κ1) is 15.8. The van der Waals surface area contributed by atoms with E-state index in [0.29, 0.717) is 31.0 Å². The van der Waals surface area contributed by atoms with Gasteiger partial charge in [0, 0.05) is 18.1 Å². The lowest BCUT2D eigenvalue weighted by Gasteiger charge is -2.31. The molecule has 2 fully saturated rings. The van der Waals surface area contributed by atoms with Gasteiger partial charge in [0.25, 0.3) is 0 Å². The zero-order valence-electron chi connectivity index (χ0n) is 12.4. The number of hydrogen-bond acceptors (Lipinski definition) is 3. The van der Waals surface area contributed by atoms with Crippen molar-refractivity contribution in [3.8, 4) is 0 Å². The number of carbonyl (C=O) groups excluding carboxylic acids is 1. The monoisotopic (exact) mass is 341 g/mol. The number of amides is 1. The second-order valence-electron chi connectivity index (χ2n) is 6.16. The maximum atomic E-state index is 13.2. The highest BCUT2D eigenvalue weighted by Crippen LogP contribution is 2.42. The average molecular weight is 342 g/mol. The van der Waals surface area contributed by atoms with Crippen LogP contribution in [-0.4, -0.2) is 37.1 Å². The molecule has 0 bridgehead atoms. The minimum absolute atomic E-state index is 0.197. The summed E-state index contributed by atoms with van der Waals surface area (Å²) in [5.41, 5.74) is 0. The number of benzene rings is 1. The number of sulfone groups is 1. The van der Waals surface area contributed by atoms with Crippen LogP contribution < -0.4 is 0 Å². The largest absolute Gasteiger partial charge is 0.341 e. The van der Waals surface area contributed by atoms with Crippen LogP contribution in [-0.2, 0) is 14.6 Å². The number of nitrogens with zero attached hydrogens (tertiary/aromatic N) is 1. The second-order valence-corrected chi connectivity index (χ2v) is 8.85. The van der Waals surface area contributed by atoms with Crippen molar-refractivity contribution in [3.05, 3.63) is 29.3 Å². The van der Waals surface area contributed by atoms with E-state index in [4.69, 9.17) is 11.6 Å². The minimum atomic E-state index is -3.70. The van der Waals surface area contributed by atoms with Crippen molar-refractivity contribution in [2.24, 2.45) is 0 Å². The Morgan fingerprint density at radius 3 is 2.09 bits per heavy atom. The van der Waals surface area contributed by atoms with E-state index in [1.807, 2.05) is 0 Å². The van der Waals surface area contributed by atoms with Crippen LogP contribution in [0.3, 0.4) is 0 Å². The van der Waals surface area contributed by atoms with Crippen molar-refractivity contribution in [1.29, 1.82) is 0 Å². The van der Waals surface area contributed by atoms with E-state index in [0.717, 1.165) is 25.7 Å². The molecule has 0 radical (unpaired) electrons. The Morgan fingerprint density at radius 1 is 1.00 bits per heavy atom. The Hall–Kier alpha value is -1.07. The fourth-order valence-corrected chi connectivity index (χ4v) is 5.85. The van der Waals surface area contributed by atoms with Gasteiger partial charge in [-0.3, -0.25) is 4.79 Å². The number of carbonyl (C=O) groups is 1. The lowest BCUT2D eigenvalue weighted by Crippen LogP contribution is -2.51. The first-order chi connectivity index (χ1) is 10.5. The van der Waals surface area contributed by atoms with E-state index >= 15 is 0 Å². The third kappa shape index (κ3) is 2.44. The van der Waals surface area contributed by atoms with Crippen LogP contribution in [0.1, 0.15) is 38.5 Å². The Bertz CT molecular complexity index is 657. The van der Waals surface area contributed by atoms with Crippen LogP contribution in [0, 0.1) is 0 Å². The van der Waals surface area contributed by atoms with Crippen molar-refractivity contribution < 1.29 is 13.2 Å². The first-order valence-corrected chi connectivity index (χ1v) is 9.63. The molecule has 1 heterocycles. The van der Waals surface area contributed by atoms with Crippen molar-refractivity contribution in [2.75, 3.05) is 13.1 Å². The van der Waals surface area contributed by atoms with E-state index in [2.05, 4.69) is 0 Å². The molecule has 4 nitrogen and oxygen atoms in total. The van der Waals surface area contributed by atoms with E-state index in [9.17, 15) is 13.2 Å². The van der Waals surface area contributed by atoms with Gasteiger partial charge in [0.15, 0.2) is 14.6 Å². The predicted octanol–water partition coefficient (Wildman–Crippen LogP) is 3.05. The van der Waals surface area contributed by atoms with E-state index in [-0.39, 0.29) is 10.8 Å². The topological polar surface area (TPSA) is 54.5 Å². The number of rotatable bonds is 3. The van der Waals surface area contributed by atoms with Crippen LogP contribution in [0.25, 0.3) is 0 Å². The standard InChI is InChI=1S/C16H20ClNO3S/c17-13-5-7-14(8-6-13)22(20,21)16(9-1-2-10-16)15(19)18-11-3-4-12-18/h5-8H,1-4,9-12H2. The van der Waals surface area contributed by atoms with Gasteiger partial charge in [-0.1, -0.05) is 24.4 Å². The molecule has 1 amide bonds. The lowest BCUT2D eigenvalue weighted by molar-refractivity contribution is -0.132. The molecule has 1 aromatic carbocycles. The number of hydrogen-bond donors (Lipinski definition) is 0. The third-order valence-electron chi connectivity index (χ3n) is 4.83. The maximum absolute atomic E-state index is 13.2. The molecular weight excluding hydrogens is 322 g/mol. The normalized spacial score (nSPS) is 21.2. The summed E-state index contributed by atoms with van der Waals surface area (Å²) in [5, 5.41) is 0.491. The molecule has 0 N–H and O–H groups in total. The Kier molecular flexibility index (Phi) is 4.21. The highest BCUT2D eigenvalue weighted by molar-refractivity contribution is 7.93. The fourth-order valence-electron chi connectivity index (χ4n) is 3.59. The van der Waals surface area contributed by atoms with Crippen LogP contribution in [0.15, 0.2) is 29.2 Å². The Labute approximate surface area is 136 Å². The van der Waals surface area contributed by atoms with Gasteiger partial charge in [0.1, 0.15) is 0 Å². The summed E-state index contributed by atoms with van der Waals surface area (Å²) in [6.07, 6.45) is 4.34. The summed E-state index contributed by atoms with van der Waals surface area (Å²) in [6.45, 7) is 1.35. The summed E-state index contributed by atoms with van der Waals surface area (Å²) in [6, 6.07) is 6.15. The highest BCUT2D eigenvalue weighted by atomic mass is 35.5. The maximum Gasteiger partial charge on any atom is 0.244 e. The van der Waals surface area contributed by atoms with Gasteiger partial charge in [0.05, 0.1) is 4.90 Å². The molecule has 6 heteroatoms. The molecule has 0 atom stereocenters. The summed E-state index contributed by atoms with van der Waals surface area (Å²) >= 11 is 5.85. The molecule has 2 aliphatic rings. The predicted molar refractivity (Wildman–Crippen MR) is 85.7 cm³/mol. The quantitative estimate of drug-likeness (QED) is 0.849. The molecule has 1 aliphatic heterocycles. The van der Waals surface area contributed by atoms with Gasteiger partial charge in [-0.25, -0.2) is 8.42 Å². The van der Waals surface area contributed by atoms with Crippen LogP contribution >= 0.6 is 11.6 Å². The lowest BCUT2D eigenvalue weighted by atomic mass is 10.1. The molecule has 22 heavy (non-hydrogen) atoms. The smallest absolute Gasteiger partial charge is 0.244 e. The van der Waals surface area contributed by atoms with Gasteiger partial charge in [0.2, 0.25) is 5.91 Å². The minimum Gasteiger partial charge on any atom is -0.341 e. The zero-order valence-corrected chi connectivity index (χ0v) is 14.0. The number of halogens is 1. The zero-order chi connectivity index (χ0) is 15.8. The van der Waals surface area contributed by atoms with Gasteiger partial charge < -0.3 is 4.90 Å². The van der Waals surface area contributed by atoms with Crippen LogP contribution in [0.2, 0.25) is 5.02 Å². The van der Waals surface area contributed by atoms with Gasteiger partial charge in [-0.15, -0.1) is 0 Å². The molecule has 120 valence electrons. The van der Waals surface area contributed by atoms with Crippen molar-refractivity contribution >= 4 is 27.3 Å². The molecule has 1 saturated heterocycles. The second kappa shape index (κ2) is 5.85. The summed E-state index contributed by atoms with van der Waals surface area (Å²) in [4.78, 5) is 14.9. The van der Waals surface area contributed by atoms with E-state index in [1.54, 1.807) is 17.0 Å². The van der Waals surface area contributed by atoms with Crippen molar-refractivity contribution in [2.45, 2.75) is 48.2 Å². The molecule has 0 unspecified atom stereocenters. The Balaban J connectivity index is 2.02. The molecule has 3 rings (SSSR count). The molecule has 1 aromatic rings. The van der Waals surface area contributed by atoms with Gasteiger partial charge in [-0.05, 0) is 49.9 Å². The SMILES string of the molecule is O=C(N1CCCC1)C1(S(=O)(=O)c2ccc(Cl)cc2)CCCC1. The van der Waals surface area contributed by atoms with Crippen LogP contribution in [0.4, 0.5) is 0 Å². The third-order valence-corrected chi connectivity index (χ3v) is 7.59. The first-order valence-electron chi connectivity index (χ1n) is 7.77. The summed E-state index contributed by atoms with van der Waals surface area (Å²) in [5.74, 6) is -0.197. The van der Waals surface area contributed by atoms with Gasteiger partial charge >= 0.3 is 0 Å². The average Bonchev–Trinajstić information content (AvgIpc) is 3.19. The molecule has 1 saturated carbocycles. The summed E-state index contributed by atoms with van der Waals surface area (Å²) in [7, 11) is -3.70. The summed E-state index contributed by atoms with van der Waals surface area (Å²) < 4.78 is 25.1. The highest BCUT2D eigenvalue weighted by Gasteiger charge is 2.54. The molecule has 0 aromatic heterocycles. The molecular formula is C16H20ClNO3S. The van der Waals surface area contributed by atoms with Gasteiger partial charge in [-0.2, -0.15) is 0 Å². The van der Waals surface area contributed by atoms with Crippen molar-refractivity contribution in [3.63, 3.8) is 0 Å². The van der Waals surface area contributed by atoms with E-state index < -0.39 is 14.6 Å². The Morgan fingerprint density at radius 2 is 1.55 bits per heavy atom. The van der Waals surface area contributed by atoms with E-state index in [1.165, 1.54) is 12.1 Å². The van der Waals surface area contributed by atoms with Crippen molar-refractivity contribution in [1.82, 2.24) is 4.90 Å². The van der Waals surface area contributed by atoms with Crippen LogP contribution in [0.5, 0.6) is 0 Å². The number of likely N-dealkylation sites (tertiary alicyclic amines) is 1. The molecule has 0 spiro atoms. The molecule has 1 aliphatic carbocycles. The fraction of sp³-hybridized carbons (Fsp3) is 0.562.